The van der Waals surface area contributed by atoms with Crippen LogP contribution in [0, 0.1) is 5.92 Å². The molecular formula is C34H46Cl2N4O4S2. The second kappa shape index (κ2) is 18.8. The topological polar surface area (TPSA) is 83.8 Å². The fourth-order valence-corrected chi connectivity index (χ4v) is 7.48. The zero-order valence-corrected chi connectivity index (χ0v) is 31.0. The van der Waals surface area contributed by atoms with Gasteiger partial charge >= 0.3 is 0 Å². The van der Waals surface area contributed by atoms with Crippen LogP contribution >= 0.6 is 46.7 Å². The summed E-state index contributed by atoms with van der Waals surface area (Å²) in [4.78, 5) is 38.3. The Hall–Kier alpha value is -2.40. The van der Waals surface area contributed by atoms with Crippen molar-refractivity contribution in [2.75, 3.05) is 40.4 Å². The molecule has 2 aliphatic rings. The minimum absolute atomic E-state index is 0.303. The fourth-order valence-electron chi connectivity index (χ4n) is 4.82. The zero-order valence-electron chi connectivity index (χ0n) is 27.8. The van der Waals surface area contributed by atoms with E-state index in [1.165, 1.54) is 7.11 Å². The minimum Gasteiger partial charge on any atom is -0.496 e. The van der Waals surface area contributed by atoms with Gasteiger partial charge in [0.05, 0.1) is 25.3 Å². The molecule has 0 aromatic heterocycles. The van der Waals surface area contributed by atoms with Gasteiger partial charge in [0.25, 0.3) is 11.8 Å². The average Bonchev–Trinajstić information content (AvgIpc) is 3.60. The molecule has 46 heavy (non-hydrogen) atoms. The number of rotatable bonds is 11. The van der Waals surface area contributed by atoms with Crippen molar-refractivity contribution in [3.8, 4) is 11.5 Å². The first-order valence-corrected chi connectivity index (χ1v) is 18.3. The number of aliphatic imine (C=N–C) groups is 2. The summed E-state index contributed by atoms with van der Waals surface area (Å²) in [7, 11) is 3.08. The lowest BCUT2D eigenvalue weighted by atomic mass is 10.1. The maximum absolute atomic E-state index is 12.7. The van der Waals surface area contributed by atoms with Crippen LogP contribution in [0.1, 0.15) is 81.0 Å². The summed E-state index contributed by atoms with van der Waals surface area (Å²) in [5.41, 5.74) is 0.805. The van der Waals surface area contributed by atoms with Crippen LogP contribution in [0.3, 0.4) is 0 Å². The van der Waals surface area contributed by atoms with Crippen molar-refractivity contribution in [3.05, 3.63) is 57.6 Å². The van der Waals surface area contributed by atoms with Gasteiger partial charge in [-0.3, -0.25) is 9.59 Å². The van der Waals surface area contributed by atoms with Crippen molar-refractivity contribution >= 4 is 68.9 Å². The first-order valence-electron chi connectivity index (χ1n) is 15.8. The molecule has 2 aliphatic heterocycles. The van der Waals surface area contributed by atoms with Crippen molar-refractivity contribution < 1.29 is 19.1 Å². The summed E-state index contributed by atoms with van der Waals surface area (Å²) >= 11 is 15.4. The van der Waals surface area contributed by atoms with Crippen molar-refractivity contribution in [1.82, 2.24) is 9.80 Å². The van der Waals surface area contributed by atoms with Gasteiger partial charge in [0.1, 0.15) is 11.5 Å². The average molecular weight is 710 g/mol. The summed E-state index contributed by atoms with van der Waals surface area (Å²) in [6.07, 6.45) is 4.44. The molecule has 0 radical (unpaired) electrons. The Bertz CT molecular complexity index is 1410. The smallest absolute Gasteiger partial charge is 0.283 e. The molecule has 0 bridgehead atoms. The Morgan fingerprint density at radius 3 is 1.72 bits per heavy atom. The van der Waals surface area contributed by atoms with Crippen molar-refractivity contribution in [2.45, 2.75) is 70.8 Å². The first-order chi connectivity index (χ1) is 22.0. The molecule has 2 fully saturated rings. The van der Waals surface area contributed by atoms with E-state index in [0.29, 0.717) is 49.1 Å². The number of carbonyl (C=O) groups is 2. The Labute approximate surface area is 292 Å². The monoisotopic (exact) mass is 708 g/mol. The van der Waals surface area contributed by atoms with Crippen LogP contribution in [0.5, 0.6) is 11.5 Å². The van der Waals surface area contributed by atoms with Gasteiger partial charge in [0.15, 0.2) is 10.3 Å². The number of amides is 2. The van der Waals surface area contributed by atoms with E-state index in [9.17, 15) is 9.59 Å². The van der Waals surface area contributed by atoms with Crippen molar-refractivity contribution in [1.29, 1.82) is 0 Å². The quantitative estimate of drug-likeness (QED) is 0.229. The summed E-state index contributed by atoms with van der Waals surface area (Å²) in [5, 5.41) is 3.53. The number of hydrogen-bond acceptors (Lipinski definition) is 6. The van der Waals surface area contributed by atoms with Gasteiger partial charge < -0.3 is 19.3 Å². The molecule has 2 saturated heterocycles. The number of amidine groups is 2. The molecule has 2 amide bonds. The van der Waals surface area contributed by atoms with Crippen LogP contribution in [0.25, 0.3) is 0 Å². The molecule has 0 N–H and O–H groups in total. The van der Waals surface area contributed by atoms with E-state index in [1.54, 1.807) is 67.0 Å². The predicted octanol–water partition coefficient (Wildman–Crippen LogP) is 8.80. The number of hydrogen-bond donors (Lipinski definition) is 0. The molecule has 252 valence electrons. The highest BCUT2D eigenvalue weighted by molar-refractivity contribution is 8.15. The third-order valence-corrected chi connectivity index (χ3v) is 10.6. The highest BCUT2D eigenvalue weighted by Crippen LogP contribution is 2.32. The van der Waals surface area contributed by atoms with Gasteiger partial charge in [0.2, 0.25) is 0 Å². The van der Waals surface area contributed by atoms with Gasteiger partial charge in [-0.25, -0.2) is 0 Å². The third-order valence-electron chi connectivity index (χ3n) is 7.47. The lowest BCUT2D eigenvalue weighted by molar-refractivity contribution is 0.0990. The first kappa shape index (κ1) is 38.1. The van der Waals surface area contributed by atoms with E-state index in [2.05, 4.69) is 54.4 Å². The van der Waals surface area contributed by atoms with Gasteiger partial charge in [-0.1, -0.05) is 94.2 Å². The van der Waals surface area contributed by atoms with Crippen LogP contribution in [-0.2, 0) is 0 Å². The Balaban J connectivity index is 0.000000251. The van der Waals surface area contributed by atoms with Gasteiger partial charge in [-0.2, -0.15) is 9.98 Å². The summed E-state index contributed by atoms with van der Waals surface area (Å²) in [6.45, 7) is 14.6. The standard InChI is InChI=1S/C18H25ClN2O2S.C16H21ClN2O2S/c1-5-6-9-21-11-16(12(2)3)24-18(21)20-17(22)14-10-13(19)7-8-15(14)23-4;1-4-5-8-19-10-11(2)22-16(19)18-15(20)13-9-12(17)6-7-14(13)21-3/h7-8,10,12,16H,5-6,9,11H2,1-4H3;6-7,9,11H,4-5,8,10H2,1-3H3. The molecule has 12 heteroatoms. The SMILES string of the molecule is CCCCN1CC(C(C)C)SC1=NC(=O)c1cc(Cl)ccc1OC.CCCCN1CC(C)SC1=NC(=O)c1cc(Cl)ccc1OC. The van der Waals surface area contributed by atoms with E-state index in [1.807, 2.05) is 0 Å². The molecule has 0 aliphatic carbocycles. The molecule has 4 rings (SSSR count). The number of thioether (sulfide) groups is 2. The Kier molecular flexibility index (Phi) is 15.6. The van der Waals surface area contributed by atoms with Crippen molar-refractivity contribution in [2.24, 2.45) is 15.9 Å². The third kappa shape index (κ3) is 10.8. The normalized spacial score (nSPS) is 19.5. The van der Waals surface area contributed by atoms with E-state index in [-0.39, 0.29) is 11.8 Å². The molecule has 0 spiro atoms. The molecule has 2 atom stereocenters. The maximum atomic E-state index is 12.7. The Morgan fingerprint density at radius 2 is 1.28 bits per heavy atom. The highest BCUT2D eigenvalue weighted by atomic mass is 35.5. The van der Waals surface area contributed by atoms with E-state index < -0.39 is 0 Å². The lowest BCUT2D eigenvalue weighted by Crippen LogP contribution is -2.28. The Morgan fingerprint density at radius 1 is 0.826 bits per heavy atom. The van der Waals surface area contributed by atoms with E-state index in [0.717, 1.165) is 62.2 Å². The van der Waals surface area contributed by atoms with Gasteiger partial charge in [-0.15, -0.1) is 0 Å². The summed E-state index contributed by atoms with van der Waals surface area (Å²) in [6, 6.07) is 10.0. The van der Waals surface area contributed by atoms with Gasteiger partial charge in [0, 0.05) is 46.7 Å². The highest BCUT2D eigenvalue weighted by Gasteiger charge is 2.31. The van der Waals surface area contributed by atoms with Crippen molar-refractivity contribution in [3.63, 3.8) is 0 Å². The molecule has 2 unspecified atom stereocenters. The minimum atomic E-state index is -0.308. The number of ether oxygens (including phenoxy) is 2. The second-order valence-corrected chi connectivity index (χ2v) is 15.0. The number of methoxy groups -OCH3 is 2. The predicted molar refractivity (Wildman–Crippen MR) is 196 cm³/mol. The van der Waals surface area contributed by atoms with E-state index >= 15 is 0 Å². The number of nitrogens with zero attached hydrogens (tertiary/aromatic N) is 4. The second-order valence-electron chi connectivity index (χ2n) is 11.5. The molecule has 2 aromatic rings. The summed E-state index contributed by atoms with van der Waals surface area (Å²) in [5.74, 6) is 0.926. The molecule has 2 heterocycles. The maximum Gasteiger partial charge on any atom is 0.283 e. The number of benzene rings is 2. The number of unbranched alkanes of at least 4 members (excludes halogenated alkanes) is 2. The molecule has 2 aromatic carbocycles. The van der Waals surface area contributed by atoms with Crippen LogP contribution in [0.2, 0.25) is 10.0 Å². The zero-order chi connectivity index (χ0) is 33.8. The van der Waals surface area contributed by atoms with E-state index in [4.69, 9.17) is 32.7 Å². The lowest BCUT2D eigenvalue weighted by Gasteiger charge is -2.18. The largest absolute Gasteiger partial charge is 0.496 e. The molecule has 8 nitrogen and oxygen atoms in total. The van der Waals surface area contributed by atoms with Gasteiger partial charge in [-0.05, 0) is 55.2 Å². The summed E-state index contributed by atoms with van der Waals surface area (Å²) < 4.78 is 10.5. The molecular weight excluding hydrogens is 663 g/mol. The van der Waals surface area contributed by atoms with Crippen LogP contribution in [0.15, 0.2) is 46.4 Å². The number of halogens is 2. The van der Waals surface area contributed by atoms with Crippen LogP contribution in [-0.4, -0.2) is 82.8 Å². The fraction of sp³-hybridized carbons (Fsp3) is 0.529. The number of carbonyl (C=O) groups excluding carboxylic acids is 2. The van der Waals surface area contributed by atoms with Crippen LogP contribution in [0.4, 0.5) is 0 Å². The van der Waals surface area contributed by atoms with Crippen LogP contribution < -0.4 is 9.47 Å². The molecule has 0 saturated carbocycles.